The Morgan fingerprint density at radius 3 is 2.81 bits per heavy atom. The standard InChI is InChI=1S/C16H26N2O2S/c1-3-4-5-6-7-9-18-10-8-12-13(11-18)21-15(17)14(12)16(19)20-2/h3-11,17H2,1-2H3. The Balaban J connectivity index is 1.91. The van der Waals surface area contributed by atoms with Gasteiger partial charge in [-0.25, -0.2) is 4.79 Å². The molecule has 0 aliphatic carbocycles. The predicted molar refractivity (Wildman–Crippen MR) is 87.8 cm³/mol. The van der Waals surface area contributed by atoms with Crippen molar-refractivity contribution in [3.8, 4) is 0 Å². The molecule has 1 aliphatic rings. The van der Waals surface area contributed by atoms with E-state index in [1.807, 2.05) is 0 Å². The van der Waals surface area contributed by atoms with Gasteiger partial charge in [-0.2, -0.15) is 0 Å². The molecule has 2 rings (SSSR count). The summed E-state index contributed by atoms with van der Waals surface area (Å²) in [5.41, 5.74) is 7.73. The van der Waals surface area contributed by atoms with E-state index in [0.717, 1.165) is 31.6 Å². The van der Waals surface area contributed by atoms with Crippen LogP contribution in [0.2, 0.25) is 0 Å². The van der Waals surface area contributed by atoms with Crippen LogP contribution in [-0.4, -0.2) is 31.1 Å². The van der Waals surface area contributed by atoms with Crippen LogP contribution in [0.5, 0.6) is 0 Å². The molecular formula is C16H26N2O2S. The molecule has 0 saturated carbocycles. The van der Waals surface area contributed by atoms with Crippen LogP contribution in [0, 0.1) is 0 Å². The highest BCUT2D eigenvalue weighted by molar-refractivity contribution is 7.16. The largest absolute Gasteiger partial charge is 0.465 e. The van der Waals surface area contributed by atoms with Crippen molar-refractivity contribution in [2.45, 2.75) is 52.0 Å². The van der Waals surface area contributed by atoms with E-state index >= 15 is 0 Å². The predicted octanol–water partition coefficient (Wildman–Crippen LogP) is 3.45. The lowest BCUT2D eigenvalue weighted by Gasteiger charge is -2.26. The van der Waals surface area contributed by atoms with Gasteiger partial charge in [-0.1, -0.05) is 32.6 Å². The van der Waals surface area contributed by atoms with Crippen LogP contribution in [0.25, 0.3) is 0 Å². The van der Waals surface area contributed by atoms with Crippen LogP contribution in [0.4, 0.5) is 5.00 Å². The summed E-state index contributed by atoms with van der Waals surface area (Å²) in [5, 5.41) is 0.608. The number of nitrogens with zero attached hydrogens (tertiary/aromatic N) is 1. The number of anilines is 1. The number of nitrogen functional groups attached to an aromatic ring is 1. The molecule has 1 aliphatic heterocycles. The molecule has 21 heavy (non-hydrogen) atoms. The highest BCUT2D eigenvalue weighted by Gasteiger charge is 2.27. The molecule has 0 saturated heterocycles. The van der Waals surface area contributed by atoms with E-state index in [1.165, 1.54) is 44.1 Å². The number of esters is 1. The Hall–Kier alpha value is -1.07. The van der Waals surface area contributed by atoms with Gasteiger partial charge in [0.1, 0.15) is 5.00 Å². The highest BCUT2D eigenvalue weighted by Crippen LogP contribution is 2.35. The molecule has 0 unspecified atom stereocenters. The normalized spacial score (nSPS) is 15.0. The molecule has 4 nitrogen and oxygen atoms in total. The summed E-state index contributed by atoms with van der Waals surface area (Å²) < 4.78 is 4.84. The minimum Gasteiger partial charge on any atom is -0.465 e. The van der Waals surface area contributed by atoms with Crippen LogP contribution in [0.3, 0.4) is 0 Å². The van der Waals surface area contributed by atoms with E-state index in [9.17, 15) is 4.79 Å². The lowest BCUT2D eigenvalue weighted by Crippen LogP contribution is -2.31. The molecule has 0 aromatic carbocycles. The number of nitrogens with two attached hydrogens (primary N) is 1. The fraction of sp³-hybridized carbons (Fsp3) is 0.688. The first-order valence-corrected chi connectivity index (χ1v) is 8.69. The SMILES string of the molecule is CCCCCCCN1CCc2c(sc(N)c2C(=O)OC)C1. The molecule has 1 aromatic heterocycles. The van der Waals surface area contributed by atoms with E-state index < -0.39 is 0 Å². The second kappa shape index (κ2) is 7.80. The number of ether oxygens (including phenoxy) is 1. The van der Waals surface area contributed by atoms with Gasteiger partial charge in [0.15, 0.2) is 0 Å². The molecule has 5 heteroatoms. The van der Waals surface area contributed by atoms with Crippen molar-refractivity contribution in [1.82, 2.24) is 4.90 Å². The van der Waals surface area contributed by atoms with Crippen LogP contribution in [-0.2, 0) is 17.7 Å². The fourth-order valence-electron chi connectivity index (χ4n) is 2.93. The molecule has 118 valence electrons. The van der Waals surface area contributed by atoms with E-state index in [1.54, 1.807) is 11.3 Å². The highest BCUT2D eigenvalue weighted by atomic mass is 32.1. The van der Waals surface area contributed by atoms with Crippen molar-refractivity contribution in [3.05, 3.63) is 16.0 Å². The van der Waals surface area contributed by atoms with E-state index in [-0.39, 0.29) is 5.97 Å². The molecule has 0 fully saturated rings. The van der Waals surface area contributed by atoms with Gasteiger partial charge in [0.2, 0.25) is 0 Å². The molecule has 0 radical (unpaired) electrons. The molecular weight excluding hydrogens is 284 g/mol. The maximum absolute atomic E-state index is 11.8. The summed E-state index contributed by atoms with van der Waals surface area (Å²) in [5.74, 6) is -0.294. The number of unbranched alkanes of at least 4 members (excludes halogenated alkanes) is 4. The number of hydrogen-bond donors (Lipinski definition) is 1. The minimum absolute atomic E-state index is 0.294. The van der Waals surface area contributed by atoms with Crippen molar-refractivity contribution >= 4 is 22.3 Å². The van der Waals surface area contributed by atoms with Gasteiger partial charge in [-0.3, -0.25) is 4.90 Å². The maximum Gasteiger partial charge on any atom is 0.341 e. The van der Waals surface area contributed by atoms with E-state index in [0.29, 0.717) is 10.6 Å². The summed E-state index contributed by atoms with van der Waals surface area (Å²) in [4.78, 5) is 15.5. The first-order valence-electron chi connectivity index (χ1n) is 7.88. The molecule has 0 spiro atoms. The van der Waals surface area contributed by atoms with Crippen LogP contribution in [0.15, 0.2) is 0 Å². The van der Waals surface area contributed by atoms with Gasteiger partial charge in [-0.15, -0.1) is 11.3 Å². The lowest BCUT2D eigenvalue weighted by atomic mass is 10.0. The van der Waals surface area contributed by atoms with Crippen LogP contribution >= 0.6 is 11.3 Å². The summed E-state index contributed by atoms with van der Waals surface area (Å²) in [6, 6.07) is 0. The third kappa shape index (κ3) is 3.98. The summed E-state index contributed by atoms with van der Waals surface area (Å²) >= 11 is 1.55. The van der Waals surface area contributed by atoms with Gasteiger partial charge in [-0.05, 0) is 24.9 Å². The smallest absolute Gasteiger partial charge is 0.341 e. The van der Waals surface area contributed by atoms with E-state index in [4.69, 9.17) is 10.5 Å². The third-order valence-corrected chi connectivity index (χ3v) is 5.18. The number of rotatable bonds is 7. The number of carbonyl (C=O) groups excluding carboxylic acids is 1. The molecule has 0 atom stereocenters. The number of thiophene rings is 1. The first kappa shape index (κ1) is 16.3. The van der Waals surface area contributed by atoms with Crippen molar-refractivity contribution in [1.29, 1.82) is 0 Å². The van der Waals surface area contributed by atoms with Crippen LogP contribution < -0.4 is 5.73 Å². The minimum atomic E-state index is -0.294. The monoisotopic (exact) mass is 310 g/mol. The first-order chi connectivity index (χ1) is 10.2. The topological polar surface area (TPSA) is 55.6 Å². The number of methoxy groups -OCH3 is 1. The molecule has 0 amide bonds. The summed E-state index contributed by atoms with van der Waals surface area (Å²) in [7, 11) is 1.41. The average molecular weight is 310 g/mol. The zero-order chi connectivity index (χ0) is 15.2. The molecule has 0 bridgehead atoms. The van der Waals surface area contributed by atoms with Gasteiger partial charge < -0.3 is 10.5 Å². The Labute approximate surface area is 131 Å². The van der Waals surface area contributed by atoms with Crippen molar-refractivity contribution in [3.63, 3.8) is 0 Å². The molecule has 2 N–H and O–H groups in total. The Morgan fingerprint density at radius 2 is 2.10 bits per heavy atom. The Morgan fingerprint density at radius 1 is 1.33 bits per heavy atom. The zero-order valence-corrected chi connectivity index (χ0v) is 13.9. The summed E-state index contributed by atoms with van der Waals surface area (Å²) in [6.07, 6.45) is 7.46. The second-order valence-corrected chi connectivity index (χ2v) is 6.81. The Bertz CT molecular complexity index is 485. The third-order valence-electron chi connectivity index (χ3n) is 4.13. The van der Waals surface area contributed by atoms with Gasteiger partial charge in [0, 0.05) is 18.0 Å². The summed E-state index contributed by atoms with van der Waals surface area (Å²) in [6.45, 7) is 5.33. The number of carbonyl (C=O) groups is 1. The zero-order valence-electron chi connectivity index (χ0n) is 13.1. The van der Waals surface area contributed by atoms with Gasteiger partial charge in [0.05, 0.1) is 12.7 Å². The lowest BCUT2D eigenvalue weighted by molar-refractivity contribution is 0.0600. The van der Waals surface area contributed by atoms with Crippen molar-refractivity contribution < 1.29 is 9.53 Å². The average Bonchev–Trinajstić information content (AvgIpc) is 2.81. The van der Waals surface area contributed by atoms with Crippen molar-refractivity contribution in [2.75, 3.05) is 25.9 Å². The number of hydrogen-bond acceptors (Lipinski definition) is 5. The van der Waals surface area contributed by atoms with Gasteiger partial charge >= 0.3 is 5.97 Å². The molecule has 1 aromatic rings. The van der Waals surface area contributed by atoms with E-state index in [2.05, 4.69) is 11.8 Å². The Kier molecular flexibility index (Phi) is 6.06. The maximum atomic E-state index is 11.8. The van der Waals surface area contributed by atoms with Gasteiger partial charge in [0.25, 0.3) is 0 Å². The van der Waals surface area contributed by atoms with Crippen molar-refractivity contribution in [2.24, 2.45) is 0 Å². The second-order valence-electron chi connectivity index (χ2n) is 5.67. The fourth-order valence-corrected chi connectivity index (χ4v) is 4.08. The number of fused-ring (bicyclic) bond motifs is 1. The quantitative estimate of drug-likeness (QED) is 0.619. The van der Waals surface area contributed by atoms with Crippen LogP contribution in [0.1, 0.15) is 59.8 Å². The molecule has 2 heterocycles.